The van der Waals surface area contributed by atoms with Gasteiger partial charge in [-0.3, -0.25) is 4.98 Å². The summed E-state index contributed by atoms with van der Waals surface area (Å²) in [5.41, 5.74) is 2.54. The van der Waals surface area contributed by atoms with Crippen molar-refractivity contribution in [2.24, 2.45) is 0 Å². The maximum Gasteiger partial charge on any atom is 0.101 e. The van der Waals surface area contributed by atoms with E-state index < -0.39 is 0 Å². The highest BCUT2D eigenvalue weighted by Crippen LogP contribution is 2.19. The summed E-state index contributed by atoms with van der Waals surface area (Å²) in [5.74, 6) is 0. The third-order valence-electron chi connectivity index (χ3n) is 2.55. The Bertz CT molecular complexity index is 561. The van der Waals surface area contributed by atoms with Gasteiger partial charge in [0.2, 0.25) is 0 Å². The quantitative estimate of drug-likeness (QED) is 0.915. The standard InChI is InChI=1S/C14H12ClN3/c15-13-3-4-14(12(8-13)9-16)18-7-5-11-2-1-6-17-10-11/h1-4,6,8,10,18H,5,7H2. The number of nitrogens with zero attached hydrogens (tertiary/aromatic N) is 2. The minimum atomic E-state index is 0.564. The van der Waals surface area contributed by atoms with E-state index in [0.717, 1.165) is 24.2 Å². The van der Waals surface area contributed by atoms with E-state index in [0.29, 0.717) is 10.6 Å². The SMILES string of the molecule is N#Cc1cc(Cl)ccc1NCCc1cccnc1. The van der Waals surface area contributed by atoms with Gasteiger partial charge in [-0.2, -0.15) is 5.26 Å². The van der Waals surface area contributed by atoms with Gasteiger partial charge < -0.3 is 5.32 Å². The number of anilines is 1. The second kappa shape index (κ2) is 6.04. The van der Waals surface area contributed by atoms with E-state index in [1.165, 1.54) is 0 Å². The van der Waals surface area contributed by atoms with Crippen LogP contribution in [0.5, 0.6) is 0 Å². The van der Waals surface area contributed by atoms with Crippen molar-refractivity contribution in [3.05, 3.63) is 58.9 Å². The number of nitrogens with one attached hydrogen (secondary N) is 1. The lowest BCUT2D eigenvalue weighted by Crippen LogP contribution is -2.06. The van der Waals surface area contributed by atoms with Gasteiger partial charge in [0.1, 0.15) is 6.07 Å². The molecule has 0 spiro atoms. The number of aromatic nitrogens is 1. The number of rotatable bonds is 4. The third-order valence-corrected chi connectivity index (χ3v) is 2.79. The molecule has 0 radical (unpaired) electrons. The van der Waals surface area contributed by atoms with Gasteiger partial charge in [0.05, 0.1) is 11.3 Å². The summed E-state index contributed by atoms with van der Waals surface area (Å²) in [7, 11) is 0. The van der Waals surface area contributed by atoms with Gasteiger partial charge in [-0.15, -0.1) is 0 Å². The molecule has 0 aliphatic carbocycles. The van der Waals surface area contributed by atoms with Gasteiger partial charge in [-0.05, 0) is 36.2 Å². The van der Waals surface area contributed by atoms with Crippen molar-refractivity contribution >= 4 is 17.3 Å². The van der Waals surface area contributed by atoms with E-state index in [-0.39, 0.29) is 0 Å². The molecule has 0 amide bonds. The molecule has 0 bridgehead atoms. The molecule has 1 aromatic heterocycles. The van der Waals surface area contributed by atoms with E-state index in [4.69, 9.17) is 16.9 Å². The summed E-state index contributed by atoms with van der Waals surface area (Å²) < 4.78 is 0. The van der Waals surface area contributed by atoms with Crippen LogP contribution in [-0.4, -0.2) is 11.5 Å². The molecule has 18 heavy (non-hydrogen) atoms. The molecule has 0 aliphatic rings. The van der Waals surface area contributed by atoms with Crippen molar-refractivity contribution in [2.75, 3.05) is 11.9 Å². The minimum Gasteiger partial charge on any atom is -0.384 e. The van der Waals surface area contributed by atoms with Crippen LogP contribution < -0.4 is 5.32 Å². The van der Waals surface area contributed by atoms with E-state index in [1.54, 1.807) is 18.3 Å². The van der Waals surface area contributed by atoms with E-state index in [9.17, 15) is 0 Å². The molecule has 90 valence electrons. The first-order chi connectivity index (χ1) is 8.79. The molecule has 1 N–H and O–H groups in total. The fraction of sp³-hybridized carbons (Fsp3) is 0.143. The summed E-state index contributed by atoms with van der Waals surface area (Å²) in [6, 6.07) is 11.3. The molecule has 0 atom stereocenters. The molecule has 2 aromatic rings. The van der Waals surface area contributed by atoms with Crippen LogP contribution in [0.25, 0.3) is 0 Å². The first-order valence-corrected chi connectivity index (χ1v) is 6.00. The number of hydrogen-bond acceptors (Lipinski definition) is 3. The van der Waals surface area contributed by atoms with Gasteiger partial charge in [0.15, 0.2) is 0 Å². The van der Waals surface area contributed by atoms with Crippen LogP contribution in [0.1, 0.15) is 11.1 Å². The van der Waals surface area contributed by atoms with Crippen LogP contribution in [0.15, 0.2) is 42.7 Å². The summed E-state index contributed by atoms with van der Waals surface area (Å²) in [6.45, 7) is 0.752. The highest BCUT2D eigenvalue weighted by atomic mass is 35.5. The van der Waals surface area contributed by atoms with Crippen molar-refractivity contribution in [1.82, 2.24) is 4.98 Å². The Labute approximate surface area is 111 Å². The first-order valence-electron chi connectivity index (χ1n) is 5.62. The Hall–Kier alpha value is -2.05. The Morgan fingerprint density at radius 2 is 2.22 bits per heavy atom. The van der Waals surface area contributed by atoms with E-state index in [1.807, 2.05) is 24.4 Å². The summed E-state index contributed by atoms with van der Waals surface area (Å²) in [6.07, 6.45) is 4.46. The first kappa shape index (κ1) is 12.4. The average Bonchev–Trinajstić information content (AvgIpc) is 2.41. The zero-order valence-electron chi connectivity index (χ0n) is 9.73. The Morgan fingerprint density at radius 3 is 2.94 bits per heavy atom. The van der Waals surface area contributed by atoms with Gasteiger partial charge in [-0.1, -0.05) is 17.7 Å². The number of nitriles is 1. The zero-order chi connectivity index (χ0) is 12.8. The second-order valence-corrected chi connectivity index (χ2v) is 4.28. The van der Waals surface area contributed by atoms with Gasteiger partial charge in [0.25, 0.3) is 0 Å². The predicted octanol–water partition coefficient (Wildman–Crippen LogP) is 3.26. The topological polar surface area (TPSA) is 48.7 Å². The number of pyridine rings is 1. The zero-order valence-corrected chi connectivity index (χ0v) is 10.5. The molecule has 1 aromatic carbocycles. The lowest BCUT2D eigenvalue weighted by atomic mass is 10.1. The predicted molar refractivity (Wildman–Crippen MR) is 72.6 cm³/mol. The molecule has 0 fully saturated rings. The Balaban J connectivity index is 1.97. The third kappa shape index (κ3) is 3.22. The van der Waals surface area contributed by atoms with Gasteiger partial charge in [-0.25, -0.2) is 0 Å². The monoisotopic (exact) mass is 257 g/mol. The van der Waals surface area contributed by atoms with Gasteiger partial charge in [0, 0.05) is 24.0 Å². The van der Waals surface area contributed by atoms with Crippen LogP contribution in [0, 0.1) is 11.3 Å². The highest BCUT2D eigenvalue weighted by molar-refractivity contribution is 6.30. The smallest absolute Gasteiger partial charge is 0.101 e. The molecule has 3 nitrogen and oxygen atoms in total. The molecular weight excluding hydrogens is 246 g/mol. The van der Waals surface area contributed by atoms with Crippen LogP contribution in [0.3, 0.4) is 0 Å². The number of benzene rings is 1. The van der Waals surface area contributed by atoms with Crippen molar-refractivity contribution in [2.45, 2.75) is 6.42 Å². The fourth-order valence-corrected chi connectivity index (χ4v) is 1.82. The van der Waals surface area contributed by atoms with Crippen molar-refractivity contribution in [1.29, 1.82) is 5.26 Å². The Morgan fingerprint density at radius 1 is 1.33 bits per heavy atom. The van der Waals surface area contributed by atoms with E-state index in [2.05, 4.69) is 16.4 Å². The molecular formula is C14H12ClN3. The molecule has 0 saturated heterocycles. The van der Waals surface area contributed by atoms with Crippen LogP contribution in [0.2, 0.25) is 5.02 Å². The second-order valence-electron chi connectivity index (χ2n) is 3.84. The number of halogens is 1. The summed E-state index contributed by atoms with van der Waals surface area (Å²) in [5, 5.41) is 12.8. The van der Waals surface area contributed by atoms with Crippen LogP contribution >= 0.6 is 11.6 Å². The largest absolute Gasteiger partial charge is 0.384 e. The van der Waals surface area contributed by atoms with Gasteiger partial charge >= 0.3 is 0 Å². The van der Waals surface area contributed by atoms with E-state index >= 15 is 0 Å². The molecule has 4 heteroatoms. The number of hydrogen-bond donors (Lipinski definition) is 1. The normalized spacial score (nSPS) is 9.78. The van der Waals surface area contributed by atoms with Crippen molar-refractivity contribution < 1.29 is 0 Å². The highest BCUT2D eigenvalue weighted by Gasteiger charge is 2.02. The summed E-state index contributed by atoms with van der Waals surface area (Å²) >= 11 is 5.84. The molecule has 1 heterocycles. The van der Waals surface area contributed by atoms with Crippen LogP contribution in [-0.2, 0) is 6.42 Å². The lowest BCUT2D eigenvalue weighted by molar-refractivity contribution is 1.00. The molecule has 0 saturated carbocycles. The van der Waals surface area contributed by atoms with Crippen LogP contribution in [0.4, 0.5) is 5.69 Å². The molecule has 2 rings (SSSR count). The summed E-state index contributed by atoms with van der Waals surface area (Å²) in [4.78, 5) is 4.06. The molecule has 0 unspecified atom stereocenters. The Kier molecular flexibility index (Phi) is 4.16. The maximum atomic E-state index is 9.00. The average molecular weight is 258 g/mol. The van der Waals surface area contributed by atoms with Crippen molar-refractivity contribution in [3.63, 3.8) is 0 Å². The van der Waals surface area contributed by atoms with Crippen molar-refractivity contribution in [3.8, 4) is 6.07 Å². The minimum absolute atomic E-state index is 0.564. The fourth-order valence-electron chi connectivity index (χ4n) is 1.65. The lowest BCUT2D eigenvalue weighted by Gasteiger charge is -2.08. The maximum absolute atomic E-state index is 9.00. The molecule has 0 aliphatic heterocycles.